The molecule has 0 aliphatic heterocycles. The topological polar surface area (TPSA) is 57.0 Å². The lowest BCUT2D eigenvalue weighted by molar-refractivity contribution is 0.483. The summed E-state index contributed by atoms with van der Waals surface area (Å²) in [7, 11) is 1.69. The van der Waals surface area contributed by atoms with Crippen molar-refractivity contribution in [2.45, 2.75) is 0 Å². The van der Waals surface area contributed by atoms with Crippen molar-refractivity contribution >= 4 is 21.4 Å². The fourth-order valence-corrected chi connectivity index (χ4v) is 4.46. The summed E-state index contributed by atoms with van der Waals surface area (Å²) in [4.78, 5) is 17.0. The van der Waals surface area contributed by atoms with Gasteiger partial charge in [0.25, 0.3) is 5.56 Å². The molecule has 0 fully saturated rings. The lowest BCUT2D eigenvalue weighted by atomic mass is 10.1. The quantitative estimate of drug-likeness (QED) is 0.391. The molecule has 0 unspecified atom stereocenters. The van der Waals surface area contributed by atoms with Crippen LogP contribution in [0.5, 0.6) is 11.5 Å². The summed E-state index contributed by atoms with van der Waals surface area (Å²) in [6.45, 7) is 0. The van der Waals surface area contributed by atoms with Gasteiger partial charge in [0.1, 0.15) is 17.2 Å². The Kier molecular flexibility index (Phi) is 4.61. The molecule has 0 spiro atoms. The molecule has 3 aromatic heterocycles. The van der Waals surface area contributed by atoms with E-state index in [0.717, 1.165) is 38.6 Å². The number of aromatic nitrogens is 3. The molecule has 5 aromatic rings. The van der Waals surface area contributed by atoms with Crippen LogP contribution in [0.4, 0.5) is 0 Å². The molecule has 0 amide bonds. The Balaban J connectivity index is 1.59. The van der Waals surface area contributed by atoms with Gasteiger partial charge in [-0.3, -0.25) is 9.78 Å². The van der Waals surface area contributed by atoms with E-state index in [9.17, 15) is 4.79 Å². The fourth-order valence-electron chi connectivity index (χ4n) is 3.39. The van der Waals surface area contributed by atoms with Crippen molar-refractivity contribution in [2.24, 2.45) is 7.05 Å². The predicted octanol–water partition coefficient (Wildman–Crippen LogP) is 5.52. The van der Waals surface area contributed by atoms with Gasteiger partial charge >= 0.3 is 0 Å². The van der Waals surface area contributed by atoms with Crippen LogP contribution in [0.2, 0.25) is 0 Å². The molecule has 0 saturated carbocycles. The number of rotatable bonds is 4. The highest BCUT2D eigenvalue weighted by molar-refractivity contribution is 7.18. The van der Waals surface area contributed by atoms with Crippen molar-refractivity contribution in [3.8, 4) is 33.9 Å². The minimum absolute atomic E-state index is 0.106. The normalized spacial score (nSPS) is 11.0. The Bertz CT molecular complexity index is 1380. The molecule has 0 bridgehead atoms. The molecule has 30 heavy (non-hydrogen) atoms. The molecule has 2 aromatic carbocycles. The summed E-state index contributed by atoms with van der Waals surface area (Å²) in [6, 6.07) is 21.2. The van der Waals surface area contributed by atoms with E-state index in [1.165, 1.54) is 16.0 Å². The SMILES string of the molecule is Cn1nc(-c2ccc(Oc3ccccc3)cc2)c2scc(-c3ccncc3)c2c1=O. The molecule has 3 heterocycles. The Hall–Kier alpha value is -3.77. The van der Waals surface area contributed by atoms with E-state index in [4.69, 9.17) is 4.74 Å². The van der Waals surface area contributed by atoms with Gasteiger partial charge in [-0.2, -0.15) is 5.10 Å². The van der Waals surface area contributed by atoms with Gasteiger partial charge in [-0.05, 0) is 54.1 Å². The largest absolute Gasteiger partial charge is 0.457 e. The molecule has 5 rings (SSSR count). The van der Waals surface area contributed by atoms with E-state index in [0.29, 0.717) is 5.39 Å². The van der Waals surface area contributed by atoms with E-state index >= 15 is 0 Å². The van der Waals surface area contributed by atoms with E-state index < -0.39 is 0 Å². The van der Waals surface area contributed by atoms with Crippen LogP contribution in [0.3, 0.4) is 0 Å². The average Bonchev–Trinajstić information content (AvgIpc) is 3.24. The van der Waals surface area contributed by atoms with Crippen molar-refractivity contribution in [3.05, 3.63) is 94.9 Å². The molecule has 0 aliphatic carbocycles. The summed E-state index contributed by atoms with van der Waals surface area (Å²) in [5.74, 6) is 1.53. The maximum Gasteiger partial charge on any atom is 0.275 e. The third-order valence-electron chi connectivity index (χ3n) is 4.86. The van der Waals surface area contributed by atoms with Crippen LogP contribution in [0, 0.1) is 0 Å². The number of para-hydroxylation sites is 1. The van der Waals surface area contributed by atoms with Crippen LogP contribution in [-0.4, -0.2) is 14.8 Å². The van der Waals surface area contributed by atoms with Crippen molar-refractivity contribution in [1.82, 2.24) is 14.8 Å². The number of thiophene rings is 1. The number of nitrogens with zero attached hydrogens (tertiary/aromatic N) is 3. The van der Waals surface area contributed by atoms with Crippen LogP contribution < -0.4 is 10.3 Å². The molecule has 0 atom stereocenters. The zero-order valence-corrected chi connectivity index (χ0v) is 17.0. The minimum atomic E-state index is -0.106. The van der Waals surface area contributed by atoms with Crippen molar-refractivity contribution < 1.29 is 4.74 Å². The smallest absolute Gasteiger partial charge is 0.275 e. The number of fused-ring (bicyclic) bond motifs is 1. The van der Waals surface area contributed by atoms with Gasteiger partial charge < -0.3 is 4.74 Å². The molecule has 0 radical (unpaired) electrons. The lowest BCUT2D eigenvalue weighted by Gasteiger charge is -2.09. The first-order valence-corrected chi connectivity index (χ1v) is 10.3. The number of ether oxygens (including phenoxy) is 1. The van der Waals surface area contributed by atoms with Crippen molar-refractivity contribution in [3.63, 3.8) is 0 Å². The summed E-state index contributed by atoms with van der Waals surface area (Å²) >= 11 is 1.53. The van der Waals surface area contributed by atoms with Crippen LogP contribution >= 0.6 is 11.3 Å². The molecule has 0 aliphatic rings. The summed E-state index contributed by atoms with van der Waals surface area (Å²) in [5.41, 5.74) is 3.48. The number of benzene rings is 2. The van der Waals surface area contributed by atoms with Gasteiger partial charge in [-0.25, -0.2) is 4.68 Å². The van der Waals surface area contributed by atoms with Crippen molar-refractivity contribution in [2.75, 3.05) is 0 Å². The highest BCUT2D eigenvalue weighted by atomic mass is 32.1. The van der Waals surface area contributed by atoms with E-state index in [1.54, 1.807) is 19.4 Å². The maximum absolute atomic E-state index is 12.9. The molecule has 0 N–H and O–H groups in total. The van der Waals surface area contributed by atoms with Crippen LogP contribution in [0.25, 0.3) is 32.5 Å². The molecule has 146 valence electrons. The van der Waals surface area contributed by atoms with E-state index in [2.05, 4.69) is 10.1 Å². The number of hydrogen-bond acceptors (Lipinski definition) is 5. The van der Waals surface area contributed by atoms with Crippen molar-refractivity contribution in [1.29, 1.82) is 0 Å². The zero-order valence-electron chi connectivity index (χ0n) is 16.1. The number of hydrogen-bond donors (Lipinski definition) is 0. The average molecular weight is 411 g/mol. The van der Waals surface area contributed by atoms with Gasteiger partial charge in [-0.15, -0.1) is 11.3 Å². The summed E-state index contributed by atoms with van der Waals surface area (Å²) in [5, 5.41) is 7.25. The van der Waals surface area contributed by atoms with Gasteiger partial charge in [0.05, 0.1) is 10.1 Å². The maximum atomic E-state index is 12.9. The van der Waals surface area contributed by atoms with E-state index in [1.807, 2.05) is 72.1 Å². The number of pyridine rings is 1. The van der Waals surface area contributed by atoms with Crippen LogP contribution in [0.15, 0.2) is 89.3 Å². The molecule has 6 heteroatoms. The van der Waals surface area contributed by atoms with E-state index in [-0.39, 0.29) is 5.56 Å². The monoisotopic (exact) mass is 411 g/mol. The minimum Gasteiger partial charge on any atom is -0.457 e. The standard InChI is InChI=1S/C24H17N3O2S/c1-27-24(28)21-20(16-11-13-25-14-12-16)15-30-23(21)22(26-27)17-7-9-19(10-8-17)29-18-5-3-2-4-6-18/h2-15H,1H3. The molecule has 0 saturated heterocycles. The Morgan fingerprint density at radius 1 is 0.867 bits per heavy atom. The Morgan fingerprint density at radius 3 is 2.30 bits per heavy atom. The molecule has 5 nitrogen and oxygen atoms in total. The second-order valence-corrected chi connectivity index (χ2v) is 7.69. The molecular formula is C24H17N3O2S. The highest BCUT2D eigenvalue weighted by Crippen LogP contribution is 2.37. The third kappa shape index (κ3) is 3.27. The first kappa shape index (κ1) is 18.3. The third-order valence-corrected chi connectivity index (χ3v) is 5.85. The predicted molar refractivity (Wildman–Crippen MR) is 120 cm³/mol. The Morgan fingerprint density at radius 2 is 1.57 bits per heavy atom. The first-order chi connectivity index (χ1) is 14.7. The van der Waals surface area contributed by atoms with Gasteiger partial charge in [-0.1, -0.05) is 18.2 Å². The van der Waals surface area contributed by atoms with Crippen LogP contribution in [-0.2, 0) is 7.05 Å². The second kappa shape index (κ2) is 7.57. The second-order valence-electron chi connectivity index (χ2n) is 6.81. The van der Waals surface area contributed by atoms with Gasteiger partial charge in [0, 0.05) is 35.9 Å². The summed E-state index contributed by atoms with van der Waals surface area (Å²) < 4.78 is 8.17. The Labute approximate surface area is 176 Å². The highest BCUT2D eigenvalue weighted by Gasteiger charge is 2.17. The zero-order chi connectivity index (χ0) is 20.5. The fraction of sp³-hybridized carbons (Fsp3) is 0.0417. The van der Waals surface area contributed by atoms with Gasteiger partial charge in [0.2, 0.25) is 0 Å². The molecular weight excluding hydrogens is 394 g/mol. The lowest BCUT2D eigenvalue weighted by Crippen LogP contribution is -2.20. The first-order valence-electron chi connectivity index (χ1n) is 9.43. The number of aryl methyl sites for hydroxylation is 1. The summed E-state index contributed by atoms with van der Waals surface area (Å²) in [6.07, 6.45) is 3.47. The van der Waals surface area contributed by atoms with Crippen LogP contribution in [0.1, 0.15) is 0 Å². The van der Waals surface area contributed by atoms with Gasteiger partial charge in [0.15, 0.2) is 0 Å².